The Labute approximate surface area is 129 Å². The highest BCUT2D eigenvalue weighted by atomic mass is 32.1. The molecule has 2 aromatic rings. The number of nitrogens with one attached hydrogen (secondary N) is 1. The second kappa shape index (κ2) is 5.82. The van der Waals surface area contributed by atoms with E-state index in [1.807, 2.05) is 37.3 Å². The Hall–Kier alpha value is -1.94. The van der Waals surface area contributed by atoms with Crippen molar-refractivity contribution in [2.45, 2.75) is 24.3 Å². The van der Waals surface area contributed by atoms with Crippen molar-refractivity contribution in [1.82, 2.24) is 5.32 Å². The average Bonchev–Trinajstić information content (AvgIpc) is 2.90. The van der Waals surface area contributed by atoms with Gasteiger partial charge in [0.1, 0.15) is 11.9 Å². The minimum Gasteiger partial charge on any atom is -0.488 e. The second-order valence-corrected chi connectivity index (χ2v) is 5.78. The maximum absolute atomic E-state index is 12.2. The highest BCUT2D eigenvalue weighted by Gasteiger charge is 2.23. The van der Waals surface area contributed by atoms with Crippen LogP contribution in [0.4, 0.5) is 0 Å². The molecule has 0 bridgehead atoms. The summed E-state index contributed by atoms with van der Waals surface area (Å²) in [7, 11) is 0. The van der Waals surface area contributed by atoms with Gasteiger partial charge in [-0.3, -0.25) is 4.79 Å². The van der Waals surface area contributed by atoms with Gasteiger partial charge in [0.25, 0.3) is 5.91 Å². The van der Waals surface area contributed by atoms with Crippen LogP contribution in [-0.2, 0) is 6.42 Å². The van der Waals surface area contributed by atoms with E-state index in [2.05, 4.69) is 24.0 Å². The first-order valence-corrected chi connectivity index (χ1v) is 7.40. The fourth-order valence-corrected chi connectivity index (χ4v) is 2.73. The van der Waals surface area contributed by atoms with Gasteiger partial charge >= 0.3 is 0 Å². The number of aryl methyl sites for hydroxylation is 1. The SMILES string of the molecule is Cc1ccc(S)cc1C(=O)NCC1Cc2ccccc2O1. The van der Waals surface area contributed by atoms with E-state index in [4.69, 9.17) is 4.74 Å². The lowest BCUT2D eigenvalue weighted by atomic mass is 10.1. The summed E-state index contributed by atoms with van der Waals surface area (Å²) in [6, 6.07) is 13.6. The number of benzene rings is 2. The molecular formula is C17H17NO2S. The summed E-state index contributed by atoms with van der Waals surface area (Å²) in [6.45, 7) is 2.42. The molecule has 1 N–H and O–H groups in total. The number of ether oxygens (including phenoxy) is 1. The number of para-hydroxylation sites is 1. The van der Waals surface area contributed by atoms with Gasteiger partial charge < -0.3 is 10.1 Å². The standard InChI is InChI=1S/C17H17NO2S/c1-11-6-7-14(21)9-15(11)17(19)18-10-13-8-12-4-2-3-5-16(12)20-13/h2-7,9,13,21H,8,10H2,1H3,(H,18,19). The summed E-state index contributed by atoms with van der Waals surface area (Å²) in [5, 5.41) is 2.95. The Morgan fingerprint density at radius 1 is 1.33 bits per heavy atom. The van der Waals surface area contributed by atoms with Crippen molar-refractivity contribution < 1.29 is 9.53 Å². The zero-order valence-corrected chi connectivity index (χ0v) is 12.7. The Balaban J connectivity index is 1.61. The molecule has 1 heterocycles. The highest BCUT2D eigenvalue weighted by molar-refractivity contribution is 7.80. The van der Waals surface area contributed by atoms with Crippen molar-refractivity contribution >= 4 is 18.5 Å². The van der Waals surface area contributed by atoms with E-state index in [1.54, 1.807) is 6.07 Å². The Bertz CT molecular complexity index is 659. The van der Waals surface area contributed by atoms with Crippen LogP contribution in [0.15, 0.2) is 47.4 Å². The maximum atomic E-state index is 12.2. The highest BCUT2D eigenvalue weighted by Crippen LogP contribution is 2.27. The number of thiol groups is 1. The minimum absolute atomic E-state index is 0.00541. The lowest BCUT2D eigenvalue weighted by molar-refractivity contribution is 0.0932. The number of hydrogen-bond acceptors (Lipinski definition) is 3. The monoisotopic (exact) mass is 299 g/mol. The smallest absolute Gasteiger partial charge is 0.251 e. The maximum Gasteiger partial charge on any atom is 0.251 e. The van der Waals surface area contributed by atoms with Crippen LogP contribution < -0.4 is 10.1 Å². The van der Waals surface area contributed by atoms with Crippen molar-refractivity contribution in [3.8, 4) is 5.75 Å². The molecule has 3 rings (SSSR count). The summed E-state index contributed by atoms with van der Waals surface area (Å²) in [5.74, 6) is 0.841. The van der Waals surface area contributed by atoms with Crippen molar-refractivity contribution in [3.05, 3.63) is 59.2 Å². The molecule has 21 heavy (non-hydrogen) atoms. The summed E-state index contributed by atoms with van der Waals surface area (Å²) >= 11 is 4.28. The molecule has 0 aliphatic carbocycles. The molecular weight excluding hydrogens is 282 g/mol. The zero-order chi connectivity index (χ0) is 14.8. The quantitative estimate of drug-likeness (QED) is 0.855. The summed E-state index contributed by atoms with van der Waals surface area (Å²) < 4.78 is 5.82. The third kappa shape index (κ3) is 3.05. The molecule has 0 fully saturated rings. The van der Waals surface area contributed by atoms with Gasteiger partial charge in [-0.2, -0.15) is 0 Å². The van der Waals surface area contributed by atoms with Crippen LogP contribution >= 0.6 is 12.6 Å². The van der Waals surface area contributed by atoms with Crippen LogP contribution in [0, 0.1) is 6.92 Å². The fraction of sp³-hybridized carbons (Fsp3) is 0.235. The molecule has 1 aliphatic heterocycles. The van der Waals surface area contributed by atoms with Crippen molar-refractivity contribution in [1.29, 1.82) is 0 Å². The van der Waals surface area contributed by atoms with Crippen LogP contribution in [0.2, 0.25) is 0 Å². The van der Waals surface area contributed by atoms with Gasteiger partial charge in [-0.1, -0.05) is 24.3 Å². The molecule has 1 atom stereocenters. The predicted molar refractivity (Wildman–Crippen MR) is 85.3 cm³/mol. The van der Waals surface area contributed by atoms with Crippen LogP contribution in [0.5, 0.6) is 5.75 Å². The molecule has 0 radical (unpaired) electrons. The summed E-state index contributed by atoms with van der Waals surface area (Å²) in [5.41, 5.74) is 2.81. The lowest BCUT2D eigenvalue weighted by Crippen LogP contribution is -2.34. The van der Waals surface area contributed by atoms with Gasteiger partial charge in [0, 0.05) is 16.9 Å². The molecule has 2 aromatic carbocycles. The normalized spacial score (nSPS) is 16.2. The van der Waals surface area contributed by atoms with Crippen LogP contribution in [-0.4, -0.2) is 18.6 Å². The van der Waals surface area contributed by atoms with Gasteiger partial charge in [-0.05, 0) is 36.2 Å². The molecule has 4 heteroatoms. The molecule has 1 aliphatic rings. The lowest BCUT2D eigenvalue weighted by Gasteiger charge is -2.13. The Morgan fingerprint density at radius 2 is 2.14 bits per heavy atom. The molecule has 3 nitrogen and oxygen atoms in total. The van der Waals surface area contributed by atoms with Gasteiger partial charge in [-0.15, -0.1) is 12.6 Å². The number of rotatable bonds is 3. The van der Waals surface area contributed by atoms with Crippen molar-refractivity contribution in [3.63, 3.8) is 0 Å². The number of carbonyl (C=O) groups is 1. The zero-order valence-electron chi connectivity index (χ0n) is 11.8. The number of fused-ring (bicyclic) bond motifs is 1. The second-order valence-electron chi connectivity index (χ2n) is 5.26. The van der Waals surface area contributed by atoms with E-state index < -0.39 is 0 Å². The van der Waals surface area contributed by atoms with Crippen LogP contribution in [0.3, 0.4) is 0 Å². The first-order chi connectivity index (χ1) is 10.1. The number of carbonyl (C=O) groups excluding carboxylic acids is 1. The molecule has 0 spiro atoms. The van der Waals surface area contributed by atoms with Gasteiger partial charge in [0.2, 0.25) is 0 Å². The summed E-state index contributed by atoms with van der Waals surface area (Å²) in [6.07, 6.45) is 0.841. The first kappa shape index (κ1) is 14.0. The first-order valence-electron chi connectivity index (χ1n) is 6.96. The molecule has 1 amide bonds. The predicted octanol–water partition coefficient (Wildman–Crippen LogP) is 3.02. The summed E-state index contributed by atoms with van der Waals surface area (Å²) in [4.78, 5) is 13.0. The van der Waals surface area contributed by atoms with Gasteiger partial charge in [-0.25, -0.2) is 0 Å². The third-order valence-electron chi connectivity index (χ3n) is 3.67. The minimum atomic E-state index is -0.0806. The van der Waals surface area contributed by atoms with E-state index in [1.165, 1.54) is 5.56 Å². The van der Waals surface area contributed by atoms with E-state index in [9.17, 15) is 4.79 Å². The van der Waals surface area contributed by atoms with E-state index in [0.717, 1.165) is 22.6 Å². The molecule has 108 valence electrons. The van der Waals surface area contributed by atoms with Crippen LogP contribution in [0.25, 0.3) is 0 Å². The number of amides is 1. The van der Waals surface area contributed by atoms with E-state index in [-0.39, 0.29) is 12.0 Å². The van der Waals surface area contributed by atoms with Crippen LogP contribution in [0.1, 0.15) is 21.5 Å². The number of hydrogen-bond donors (Lipinski definition) is 2. The average molecular weight is 299 g/mol. The largest absolute Gasteiger partial charge is 0.488 e. The van der Waals surface area contributed by atoms with Gasteiger partial charge in [0.15, 0.2) is 0 Å². The van der Waals surface area contributed by atoms with Crippen molar-refractivity contribution in [2.24, 2.45) is 0 Å². The molecule has 0 saturated carbocycles. The Kier molecular flexibility index (Phi) is 3.88. The third-order valence-corrected chi connectivity index (χ3v) is 3.95. The molecule has 0 aromatic heterocycles. The van der Waals surface area contributed by atoms with E-state index >= 15 is 0 Å². The fourth-order valence-electron chi connectivity index (χ4n) is 2.52. The topological polar surface area (TPSA) is 38.3 Å². The molecule has 1 unspecified atom stereocenters. The van der Waals surface area contributed by atoms with E-state index in [0.29, 0.717) is 12.1 Å². The van der Waals surface area contributed by atoms with Crippen molar-refractivity contribution in [2.75, 3.05) is 6.54 Å². The Morgan fingerprint density at radius 3 is 2.95 bits per heavy atom. The van der Waals surface area contributed by atoms with Gasteiger partial charge in [0.05, 0.1) is 6.54 Å². The molecule has 0 saturated heterocycles.